The zero-order valence-corrected chi connectivity index (χ0v) is 15.7. The number of aryl methyl sites for hydroxylation is 2. The highest BCUT2D eigenvalue weighted by Gasteiger charge is 2.45. The van der Waals surface area contributed by atoms with Gasteiger partial charge in [0.15, 0.2) is 0 Å². The molecule has 2 aliphatic rings. The first-order chi connectivity index (χ1) is 12.8. The topological polar surface area (TPSA) is 27.3 Å². The van der Waals surface area contributed by atoms with Gasteiger partial charge in [-0.3, -0.25) is 0 Å². The molecule has 0 aromatic heterocycles. The number of anilines is 3. The fourth-order valence-electron chi connectivity index (χ4n) is 4.57. The molecule has 0 spiro atoms. The second-order valence-electron chi connectivity index (χ2n) is 7.63. The number of hydrogen-bond donors (Lipinski definition) is 2. The largest absolute Gasteiger partial charge is 0.418 e. The molecule has 2 aromatic carbocycles. The highest BCUT2D eigenvalue weighted by Crippen LogP contribution is 2.50. The van der Waals surface area contributed by atoms with E-state index >= 15 is 0 Å². The minimum Gasteiger partial charge on any atom is -0.370 e. The van der Waals surface area contributed by atoms with Gasteiger partial charge in [0, 0.05) is 36.9 Å². The summed E-state index contributed by atoms with van der Waals surface area (Å²) in [6.07, 6.45) is -3.54. The number of rotatable bonds is 2. The summed E-state index contributed by atoms with van der Waals surface area (Å²) in [4.78, 5) is 1.84. The van der Waals surface area contributed by atoms with E-state index < -0.39 is 11.7 Å². The van der Waals surface area contributed by atoms with E-state index in [9.17, 15) is 13.2 Å². The van der Waals surface area contributed by atoms with E-state index in [4.69, 9.17) is 0 Å². The van der Waals surface area contributed by atoms with Crippen molar-refractivity contribution in [1.82, 2.24) is 5.32 Å². The summed E-state index contributed by atoms with van der Waals surface area (Å²) in [6, 6.07) is 9.16. The summed E-state index contributed by atoms with van der Waals surface area (Å²) in [5, 5.41) is 6.59. The van der Waals surface area contributed by atoms with Gasteiger partial charge in [-0.1, -0.05) is 18.2 Å². The van der Waals surface area contributed by atoms with Crippen molar-refractivity contribution in [2.45, 2.75) is 38.4 Å². The zero-order valence-electron chi connectivity index (χ0n) is 15.7. The summed E-state index contributed by atoms with van der Waals surface area (Å²) in [5.74, 6) is 0.0829. The maximum Gasteiger partial charge on any atom is 0.418 e. The van der Waals surface area contributed by atoms with Gasteiger partial charge >= 0.3 is 6.18 Å². The highest BCUT2D eigenvalue weighted by molar-refractivity contribution is 5.76. The van der Waals surface area contributed by atoms with Crippen LogP contribution >= 0.6 is 0 Å². The first kappa shape index (κ1) is 18.2. The van der Waals surface area contributed by atoms with Crippen LogP contribution in [-0.2, 0) is 6.18 Å². The minimum absolute atomic E-state index is 0.0829. The Bertz CT molecular complexity index is 855. The molecule has 144 valence electrons. The lowest BCUT2D eigenvalue weighted by atomic mass is 9.89. The van der Waals surface area contributed by atoms with E-state index in [1.54, 1.807) is 7.05 Å². The molecule has 0 bridgehead atoms. The van der Waals surface area contributed by atoms with Gasteiger partial charge in [0.1, 0.15) is 0 Å². The summed E-state index contributed by atoms with van der Waals surface area (Å²) in [5.41, 5.74) is 3.97. The quantitative estimate of drug-likeness (QED) is 0.777. The van der Waals surface area contributed by atoms with E-state index in [0.29, 0.717) is 17.9 Å². The third-order valence-corrected chi connectivity index (χ3v) is 5.89. The average molecular weight is 375 g/mol. The molecule has 2 heterocycles. The van der Waals surface area contributed by atoms with Crippen molar-refractivity contribution in [3.8, 4) is 0 Å². The summed E-state index contributed by atoms with van der Waals surface area (Å²) >= 11 is 0. The van der Waals surface area contributed by atoms with Gasteiger partial charge in [-0.25, -0.2) is 0 Å². The van der Waals surface area contributed by atoms with Crippen molar-refractivity contribution >= 4 is 17.1 Å². The molecule has 1 fully saturated rings. The van der Waals surface area contributed by atoms with Crippen LogP contribution in [0.4, 0.5) is 30.2 Å². The monoisotopic (exact) mass is 375 g/mol. The summed E-state index contributed by atoms with van der Waals surface area (Å²) < 4.78 is 41.7. The Labute approximate surface area is 157 Å². The fourth-order valence-corrected chi connectivity index (χ4v) is 4.57. The second kappa shape index (κ2) is 6.44. The first-order valence-corrected chi connectivity index (χ1v) is 9.29. The van der Waals surface area contributed by atoms with Crippen LogP contribution < -0.4 is 15.5 Å². The van der Waals surface area contributed by atoms with Gasteiger partial charge < -0.3 is 15.5 Å². The predicted molar refractivity (Wildman–Crippen MR) is 103 cm³/mol. The maximum atomic E-state index is 13.9. The highest BCUT2D eigenvalue weighted by atomic mass is 19.4. The van der Waals surface area contributed by atoms with Crippen molar-refractivity contribution in [3.63, 3.8) is 0 Å². The standard InChI is InChI=1S/C21H24F3N3/c1-12-5-4-6-13(2)19(12)26-14-9-15-16-11-25-8-7-18(16)27(3)20(15)17(10-14)21(22,23)24/h4-6,9-10,16,18,25-26H,7-8,11H2,1-3H3/t16-,18-/m0/s1. The SMILES string of the molecule is Cc1cccc(C)c1Nc1cc2c(c(C(F)(F)F)c1)N(C)[C@H]1CCNC[C@@H]21. The van der Waals surface area contributed by atoms with Gasteiger partial charge in [0.05, 0.1) is 11.3 Å². The number of fused-ring (bicyclic) bond motifs is 3. The number of para-hydroxylation sites is 1. The maximum absolute atomic E-state index is 13.9. The van der Waals surface area contributed by atoms with Crippen LogP contribution in [0.15, 0.2) is 30.3 Å². The van der Waals surface area contributed by atoms with Gasteiger partial charge in [-0.15, -0.1) is 0 Å². The third-order valence-electron chi connectivity index (χ3n) is 5.89. The van der Waals surface area contributed by atoms with Crippen LogP contribution in [0.2, 0.25) is 0 Å². The van der Waals surface area contributed by atoms with E-state index in [0.717, 1.165) is 35.3 Å². The summed E-state index contributed by atoms with van der Waals surface area (Å²) in [6.45, 7) is 5.48. The van der Waals surface area contributed by atoms with Crippen LogP contribution in [0.25, 0.3) is 0 Å². The first-order valence-electron chi connectivity index (χ1n) is 9.29. The molecule has 2 atom stereocenters. The van der Waals surface area contributed by atoms with E-state index in [-0.39, 0.29) is 12.0 Å². The molecule has 2 aliphatic heterocycles. The van der Waals surface area contributed by atoms with Crippen LogP contribution in [0.5, 0.6) is 0 Å². The Hall–Kier alpha value is -2.21. The molecule has 6 heteroatoms. The number of alkyl halides is 3. The van der Waals surface area contributed by atoms with E-state index in [1.165, 1.54) is 6.07 Å². The fraction of sp³-hybridized carbons (Fsp3) is 0.429. The number of likely N-dealkylation sites (N-methyl/N-ethyl adjacent to an activating group) is 1. The van der Waals surface area contributed by atoms with Gasteiger partial charge in [0.2, 0.25) is 0 Å². The predicted octanol–water partition coefficient (Wildman–Crippen LogP) is 4.96. The van der Waals surface area contributed by atoms with Gasteiger partial charge in [-0.05, 0) is 55.6 Å². The number of benzene rings is 2. The molecular formula is C21H24F3N3. The number of hydrogen-bond acceptors (Lipinski definition) is 3. The van der Waals surface area contributed by atoms with Crippen LogP contribution in [0.1, 0.15) is 34.6 Å². The molecule has 0 unspecified atom stereocenters. The Morgan fingerprint density at radius 3 is 2.52 bits per heavy atom. The molecule has 3 nitrogen and oxygen atoms in total. The number of piperidine rings is 1. The number of nitrogens with zero attached hydrogens (tertiary/aromatic N) is 1. The van der Waals surface area contributed by atoms with Crippen molar-refractivity contribution in [1.29, 1.82) is 0 Å². The Morgan fingerprint density at radius 2 is 1.85 bits per heavy atom. The number of halogens is 3. The Kier molecular flexibility index (Phi) is 4.34. The van der Waals surface area contributed by atoms with Gasteiger partial charge in [0.25, 0.3) is 0 Å². The molecule has 0 aliphatic carbocycles. The van der Waals surface area contributed by atoms with Gasteiger partial charge in [-0.2, -0.15) is 13.2 Å². The number of nitrogens with one attached hydrogen (secondary N) is 2. The van der Waals surface area contributed by atoms with Crippen molar-refractivity contribution in [2.75, 3.05) is 30.4 Å². The second-order valence-corrected chi connectivity index (χ2v) is 7.63. The van der Waals surface area contributed by atoms with Crippen LogP contribution in [-0.4, -0.2) is 26.2 Å². The minimum atomic E-state index is -4.39. The molecule has 27 heavy (non-hydrogen) atoms. The van der Waals surface area contributed by atoms with Crippen LogP contribution in [0.3, 0.4) is 0 Å². The molecule has 2 N–H and O–H groups in total. The van der Waals surface area contributed by atoms with Crippen molar-refractivity contribution < 1.29 is 13.2 Å². The lowest BCUT2D eigenvalue weighted by Gasteiger charge is -2.31. The van der Waals surface area contributed by atoms with Crippen LogP contribution in [0, 0.1) is 13.8 Å². The average Bonchev–Trinajstić information content (AvgIpc) is 2.90. The molecule has 1 saturated heterocycles. The third kappa shape index (κ3) is 3.06. The zero-order chi connectivity index (χ0) is 19.3. The Balaban J connectivity index is 1.84. The van der Waals surface area contributed by atoms with Crippen molar-refractivity contribution in [3.05, 3.63) is 52.6 Å². The van der Waals surface area contributed by atoms with E-state index in [2.05, 4.69) is 10.6 Å². The Morgan fingerprint density at radius 1 is 1.15 bits per heavy atom. The summed E-state index contributed by atoms with van der Waals surface area (Å²) in [7, 11) is 1.79. The molecule has 0 amide bonds. The normalized spacial score (nSPS) is 21.8. The molecule has 0 saturated carbocycles. The van der Waals surface area contributed by atoms with E-state index in [1.807, 2.05) is 43.0 Å². The lowest BCUT2D eigenvalue weighted by Crippen LogP contribution is -2.42. The molecular weight excluding hydrogens is 351 g/mol. The lowest BCUT2D eigenvalue weighted by molar-refractivity contribution is -0.137. The molecule has 0 radical (unpaired) electrons. The molecule has 2 aromatic rings. The molecule has 4 rings (SSSR count). The smallest absolute Gasteiger partial charge is 0.370 e. The van der Waals surface area contributed by atoms with Crippen molar-refractivity contribution in [2.24, 2.45) is 0 Å².